The number of rotatable bonds is 7. The van der Waals surface area contributed by atoms with Crippen LogP contribution in [0.5, 0.6) is 0 Å². The van der Waals surface area contributed by atoms with Crippen molar-refractivity contribution in [1.82, 2.24) is 10.2 Å². The summed E-state index contributed by atoms with van der Waals surface area (Å²) < 4.78 is 4.98. The van der Waals surface area contributed by atoms with Crippen molar-refractivity contribution in [3.63, 3.8) is 0 Å². The highest BCUT2D eigenvalue weighted by molar-refractivity contribution is 5.78. The van der Waals surface area contributed by atoms with Crippen molar-refractivity contribution in [3.05, 3.63) is 35.9 Å². The third-order valence-electron chi connectivity index (χ3n) is 4.60. The number of nitrogens with zero attached hydrogens (tertiary/aromatic N) is 1. The van der Waals surface area contributed by atoms with Gasteiger partial charge in [-0.2, -0.15) is 0 Å². The van der Waals surface area contributed by atoms with Gasteiger partial charge in [0.15, 0.2) is 0 Å². The van der Waals surface area contributed by atoms with Crippen LogP contribution in [-0.2, 0) is 9.53 Å². The molecule has 0 spiro atoms. The van der Waals surface area contributed by atoms with Crippen molar-refractivity contribution in [3.8, 4) is 0 Å². The molecule has 2 rings (SSSR count). The molecule has 0 aliphatic carbocycles. The van der Waals surface area contributed by atoms with Crippen LogP contribution in [0.15, 0.2) is 30.3 Å². The molecule has 0 bridgehead atoms. The average Bonchev–Trinajstić information content (AvgIpc) is 2.58. The van der Waals surface area contributed by atoms with Gasteiger partial charge in [0.2, 0.25) is 5.91 Å². The van der Waals surface area contributed by atoms with E-state index in [4.69, 9.17) is 4.74 Å². The molecule has 1 aliphatic rings. The van der Waals surface area contributed by atoms with Gasteiger partial charge < -0.3 is 15.0 Å². The summed E-state index contributed by atoms with van der Waals surface area (Å²) in [7, 11) is 1.67. The van der Waals surface area contributed by atoms with E-state index in [9.17, 15) is 4.79 Å². The highest BCUT2D eigenvalue weighted by Crippen LogP contribution is 2.34. The quantitative estimate of drug-likeness (QED) is 0.786. The van der Waals surface area contributed by atoms with Gasteiger partial charge in [0, 0.05) is 26.7 Å². The van der Waals surface area contributed by atoms with Crippen molar-refractivity contribution < 1.29 is 9.53 Å². The summed E-state index contributed by atoms with van der Waals surface area (Å²) in [6.45, 7) is 5.74. The molecule has 0 aromatic heterocycles. The maximum Gasteiger partial charge on any atom is 0.236 e. The Labute approximate surface area is 133 Å². The molecule has 1 fully saturated rings. The molecule has 22 heavy (non-hydrogen) atoms. The number of amides is 1. The van der Waals surface area contributed by atoms with E-state index >= 15 is 0 Å². The zero-order chi connectivity index (χ0) is 15.8. The third-order valence-corrected chi connectivity index (χ3v) is 4.60. The molecule has 1 saturated heterocycles. The van der Waals surface area contributed by atoms with Gasteiger partial charge in [0.1, 0.15) is 0 Å². The molecule has 1 aliphatic heterocycles. The van der Waals surface area contributed by atoms with E-state index in [1.807, 2.05) is 4.90 Å². The summed E-state index contributed by atoms with van der Waals surface area (Å²) in [6.07, 6.45) is 2.17. The fraction of sp³-hybridized carbons (Fsp3) is 0.611. The predicted molar refractivity (Wildman–Crippen MR) is 88.9 cm³/mol. The highest BCUT2D eigenvalue weighted by atomic mass is 16.5. The minimum Gasteiger partial charge on any atom is -0.383 e. The maximum absolute atomic E-state index is 12.3. The summed E-state index contributed by atoms with van der Waals surface area (Å²) >= 11 is 0. The van der Waals surface area contributed by atoms with E-state index in [2.05, 4.69) is 42.6 Å². The molecule has 1 N–H and O–H groups in total. The number of carbonyl (C=O) groups excluding carboxylic acids is 1. The van der Waals surface area contributed by atoms with Crippen molar-refractivity contribution in [2.24, 2.45) is 5.92 Å². The summed E-state index contributed by atoms with van der Waals surface area (Å²) in [5, 5.41) is 3.14. The van der Waals surface area contributed by atoms with Crippen LogP contribution in [0.3, 0.4) is 0 Å². The van der Waals surface area contributed by atoms with Gasteiger partial charge in [-0.05, 0) is 23.8 Å². The summed E-state index contributed by atoms with van der Waals surface area (Å²) in [5.74, 6) is 1.34. The second-order valence-electron chi connectivity index (χ2n) is 5.98. The van der Waals surface area contributed by atoms with Crippen LogP contribution >= 0.6 is 0 Å². The monoisotopic (exact) mass is 304 g/mol. The van der Waals surface area contributed by atoms with Crippen LogP contribution in [0.4, 0.5) is 0 Å². The fourth-order valence-electron chi connectivity index (χ4n) is 3.29. The predicted octanol–water partition coefficient (Wildman–Crippen LogP) is 2.26. The Morgan fingerprint density at radius 2 is 2.14 bits per heavy atom. The second-order valence-corrected chi connectivity index (χ2v) is 5.98. The molecule has 2 unspecified atom stereocenters. The van der Waals surface area contributed by atoms with E-state index in [-0.39, 0.29) is 5.91 Å². The van der Waals surface area contributed by atoms with E-state index < -0.39 is 0 Å². The Hall–Kier alpha value is -1.39. The molecule has 2 atom stereocenters. The Kier molecular flexibility index (Phi) is 6.87. The van der Waals surface area contributed by atoms with E-state index in [0.717, 1.165) is 32.5 Å². The molecule has 0 saturated carbocycles. The van der Waals surface area contributed by atoms with Crippen LogP contribution in [0.25, 0.3) is 0 Å². The minimum absolute atomic E-state index is 0.209. The van der Waals surface area contributed by atoms with E-state index in [0.29, 0.717) is 25.0 Å². The first kappa shape index (κ1) is 17.0. The van der Waals surface area contributed by atoms with Crippen molar-refractivity contribution >= 4 is 5.91 Å². The Balaban J connectivity index is 1.88. The number of ether oxygens (including phenoxy) is 1. The normalized spacial score (nSPS) is 21.8. The number of carbonyl (C=O) groups is 1. The first-order valence-corrected chi connectivity index (χ1v) is 8.28. The molecule has 4 heteroatoms. The number of nitrogens with one attached hydrogen (secondary N) is 1. The first-order valence-electron chi connectivity index (χ1n) is 8.28. The molecule has 1 aromatic carbocycles. The van der Waals surface area contributed by atoms with Crippen LogP contribution < -0.4 is 5.32 Å². The summed E-state index contributed by atoms with van der Waals surface area (Å²) in [4.78, 5) is 14.3. The maximum atomic E-state index is 12.3. The molecule has 122 valence electrons. The number of piperidine rings is 1. The van der Waals surface area contributed by atoms with E-state index in [1.165, 1.54) is 5.56 Å². The van der Waals surface area contributed by atoms with Gasteiger partial charge in [-0.25, -0.2) is 0 Å². The van der Waals surface area contributed by atoms with Gasteiger partial charge in [-0.3, -0.25) is 4.79 Å². The number of methoxy groups -OCH3 is 1. The molecule has 1 aromatic rings. The lowest BCUT2D eigenvalue weighted by Gasteiger charge is -2.38. The van der Waals surface area contributed by atoms with Crippen LogP contribution in [0, 0.1) is 5.92 Å². The molecule has 1 amide bonds. The van der Waals surface area contributed by atoms with Gasteiger partial charge >= 0.3 is 0 Å². The summed E-state index contributed by atoms with van der Waals surface area (Å²) in [6, 6.07) is 10.7. The SMILES string of the molecule is CCC1CN(C(=O)CNCCOC)CCC1c1ccccc1. The van der Waals surface area contributed by atoms with Gasteiger partial charge in [-0.15, -0.1) is 0 Å². The molecule has 0 radical (unpaired) electrons. The Morgan fingerprint density at radius 3 is 2.82 bits per heavy atom. The van der Waals surface area contributed by atoms with Gasteiger partial charge in [0.25, 0.3) is 0 Å². The standard InChI is InChI=1S/C18H28N2O2/c1-3-15-14-20(18(21)13-19-10-12-22-2)11-9-17(15)16-7-5-4-6-8-16/h4-8,15,17,19H,3,9-14H2,1-2H3. The Bertz CT molecular complexity index is 450. The van der Waals surface area contributed by atoms with Crippen molar-refractivity contribution in [2.45, 2.75) is 25.7 Å². The van der Waals surface area contributed by atoms with Crippen molar-refractivity contribution in [2.75, 3.05) is 39.9 Å². The zero-order valence-electron chi connectivity index (χ0n) is 13.8. The minimum atomic E-state index is 0.209. The smallest absolute Gasteiger partial charge is 0.236 e. The Morgan fingerprint density at radius 1 is 1.36 bits per heavy atom. The van der Waals surface area contributed by atoms with Crippen molar-refractivity contribution in [1.29, 1.82) is 0 Å². The second kappa shape index (κ2) is 8.91. The summed E-state index contributed by atoms with van der Waals surface area (Å²) in [5.41, 5.74) is 1.42. The lowest BCUT2D eigenvalue weighted by molar-refractivity contribution is -0.132. The number of likely N-dealkylation sites (tertiary alicyclic amines) is 1. The topological polar surface area (TPSA) is 41.6 Å². The van der Waals surface area contributed by atoms with Crippen LogP contribution in [0.1, 0.15) is 31.2 Å². The zero-order valence-corrected chi connectivity index (χ0v) is 13.8. The van der Waals surface area contributed by atoms with E-state index in [1.54, 1.807) is 7.11 Å². The lowest BCUT2D eigenvalue weighted by atomic mass is 9.79. The molecule has 1 heterocycles. The number of hydrogen-bond acceptors (Lipinski definition) is 3. The number of hydrogen-bond donors (Lipinski definition) is 1. The molecular formula is C18H28N2O2. The van der Waals surface area contributed by atoms with Crippen LogP contribution in [0.2, 0.25) is 0 Å². The largest absolute Gasteiger partial charge is 0.383 e. The molecular weight excluding hydrogens is 276 g/mol. The fourth-order valence-corrected chi connectivity index (χ4v) is 3.29. The number of benzene rings is 1. The van der Waals surface area contributed by atoms with Gasteiger partial charge in [-0.1, -0.05) is 43.7 Å². The molecule has 4 nitrogen and oxygen atoms in total. The lowest BCUT2D eigenvalue weighted by Crippen LogP contribution is -2.46. The van der Waals surface area contributed by atoms with Gasteiger partial charge in [0.05, 0.1) is 13.2 Å². The van der Waals surface area contributed by atoms with Crippen LogP contribution in [-0.4, -0.2) is 50.7 Å². The highest BCUT2D eigenvalue weighted by Gasteiger charge is 2.30. The first-order chi connectivity index (χ1) is 10.8. The average molecular weight is 304 g/mol. The third kappa shape index (κ3) is 4.55.